The number of carboxylic acids is 1. The Morgan fingerprint density at radius 1 is 0.679 bits per heavy atom. The molecule has 0 radical (unpaired) electrons. The summed E-state index contributed by atoms with van der Waals surface area (Å²) in [4.78, 5) is 27.4. The largest absolute Gasteiger partial charge is 0.496 e. The number of aliphatic carboxylic acids is 1. The molecule has 0 spiro atoms. The molecule has 1 aliphatic rings. The first-order valence-electron chi connectivity index (χ1n) is 18.4. The molecule has 9 heteroatoms. The van der Waals surface area contributed by atoms with Gasteiger partial charge in [0, 0.05) is 30.3 Å². The molecule has 1 amide bonds. The van der Waals surface area contributed by atoms with Gasteiger partial charge in [-0.2, -0.15) is 0 Å². The number of amides is 1. The number of nitrogens with zero attached hydrogens (tertiary/aromatic N) is 1. The van der Waals surface area contributed by atoms with Crippen LogP contribution in [0.4, 0.5) is 4.79 Å². The number of methoxy groups -OCH3 is 2. The second-order valence-corrected chi connectivity index (χ2v) is 14.7. The highest BCUT2D eigenvalue weighted by Gasteiger charge is 2.37. The van der Waals surface area contributed by atoms with E-state index in [0.29, 0.717) is 29.4 Å². The lowest BCUT2D eigenvalue weighted by Gasteiger charge is -2.36. The Hall–Kier alpha value is -6.19. The summed E-state index contributed by atoms with van der Waals surface area (Å²) < 4.78 is 22.7. The van der Waals surface area contributed by atoms with Crippen LogP contribution in [-0.4, -0.2) is 61.8 Å². The zero-order valence-corrected chi connectivity index (χ0v) is 32.1. The average Bonchev–Trinajstić information content (AvgIpc) is 3.57. The zero-order chi connectivity index (χ0) is 38.9. The van der Waals surface area contributed by atoms with Gasteiger partial charge in [0.15, 0.2) is 6.61 Å². The van der Waals surface area contributed by atoms with Gasteiger partial charge in [-0.3, -0.25) is 0 Å². The third-order valence-corrected chi connectivity index (χ3v) is 11.6. The normalized spacial score (nSPS) is 12.0. The van der Waals surface area contributed by atoms with Crippen LogP contribution in [0.3, 0.4) is 0 Å². The van der Waals surface area contributed by atoms with Gasteiger partial charge in [0.05, 0.1) is 31.1 Å². The van der Waals surface area contributed by atoms with Crippen molar-refractivity contribution < 1.29 is 33.6 Å². The van der Waals surface area contributed by atoms with Crippen LogP contribution in [0.2, 0.25) is 0 Å². The van der Waals surface area contributed by atoms with Crippen LogP contribution in [0.1, 0.15) is 39.3 Å². The van der Waals surface area contributed by atoms with Gasteiger partial charge in [-0.05, 0) is 38.9 Å². The molecule has 56 heavy (non-hydrogen) atoms. The summed E-state index contributed by atoms with van der Waals surface area (Å²) in [7, 11) is 3.03. The van der Waals surface area contributed by atoms with E-state index in [1.165, 1.54) is 14.2 Å². The molecule has 7 rings (SSSR count). The minimum atomic E-state index is -1.11. The zero-order valence-electron chi connectivity index (χ0n) is 31.3. The Morgan fingerprint density at radius 3 is 1.61 bits per heavy atom. The van der Waals surface area contributed by atoms with Crippen LogP contribution < -0.4 is 14.2 Å². The van der Waals surface area contributed by atoms with Crippen LogP contribution in [0, 0.1) is 0 Å². The summed E-state index contributed by atoms with van der Waals surface area (Å²) in [5.74, 6) is 0.365. The fraction of sp³-hybridized carbons (Fsp3) is 0.191. The van der Waals surface area contributed by atoms with Crippen molar-refractivity contribution >= 4 is 23.8 Å². The van der Waals surface area contributed by atoms with Crippen LogP contribution in [0.25, 0.3) is 11.1 Å². The summed E-state index contributed by atoms with van der Waals surface area (Å²) in [5.41, 5.74) is 8.51. The van der Waals surface area contributed by atoms with Crippen molar-refractivity contribution in [3.05, 3.63) is 185 Å². The maximum absolute atomic E-state index is 14.5. The van der Waals surface area contributed by atoms with Crippen molar-refractivity contribution in [3.8, 4) is 28.4 Å². The van der Waals surface area contributed by atoms with E-state index in [1.54, 1.807) is 28.8 Å². The number of hydrogen-bond acceptors (Lipinski definition) is 7. The van der Waals surface area contributed by atoms with Crippen molar-refractivity contribution in [1.29, 1.82) is 0 Å². The number of benzene rings is 6. The standard InChI is InChI=1S/C47H43NO7S/c1-52-43-28-36(54-32-45(49)50)29-44(53-2)41(43)30-48(46(51)55-31-42-39-24-14-12-22-37(39)38-23-13-15-25-40(38)42)26-27-56-47(33-16-6-3-7-17-33,34-18-8-4-9-19-34)35-20-10-5-11-21-35/h3-25,28-29,42H,26-27,30-32H2,1-2H3,(H,49,50). The number of rotatable bonds is 16. The predicted molar refractivity (Wildman–Crippen MR) is 220 cm³/mol. The number of hydrogen-bond donors (Lipinski definition) is 1. The molecule has 0 aliphatic heterocycles. The van der Waals surface area contributed by atoms with Gasteiger partial charge in [-0.1, -0.05) is 140 Å². The summed E-state index contributed by atoms with van der Waals surface area (Å²) in [5, 5.41) is 9.21. The molecule has 0 atom stereocenters. The van der Waals surface area contributed by atoms with Gasteiger partial charge in [-0.25, -0.2) is 9.59 Å². The van der Waals surface area contributed by atoms with Gasteiger partial charge in [0.2, 0.25) is 0 Å². The number of carbonyl (C=O) groups excluding carboxylic acids is 1. The molecule has 0 fully saturated rings. The molecule has 284 valence electrons. The number of fused-ring (bicyclic) bond motifs is 3. The Kier molecular flexibility index (Phi) is 11.9. The molecule has 6 aromatic carbocycles. The van der Waals surface area contributed by atoms with Gasteiger partial charge >= 0.3 is 12.1 Å². The fourth-order valence-corrected chi connectivity index (χ4v) is 9.06. The molecule has 0 saturated heterocycles. The van der Waals surface area contributed by atoms with E-state index in [1.807, 2.05) is 42.5 Å². The number of ether oxygens (including phenoxy) is 4. The van der Waals surface area contributed by atoms with E-state index in [-0.39, 0.29) is 24.8 Å². The molecule has 0 bridgehead atoms. The molecular weight excluding hydrogens is 723 g/mol. The molecule has 0 aromatic heterocycles. The van der Waals surface area contributed by atoms with Crippen molar-refractivity contribution in [2.24, 2.45) is 0 Å². The summed E-state index contributed by atoms with van der Waals surface area (Å²) in [6.07, 6.45) is -0.479. The van der Waals surface area contributed by atoms with Crippen LogP contribution in [0.5, 0.6) is 17.2 Å². The second kappa shape index (κ2) is 17.5. The highest BCUT2D eigenvalue weighted by atomic mass is 32.2. The Morgan fingerprint density at radius 2 is 1.14 bits per heavy atom. The van der Waals surface area contributed by atoms with E-state index in [4.69, 9.17) is 18.9 Å². The van der Waals surface area contributed by atoms with E-state index in [2.05, 4.69) is 97.1 Å². The molecule has 6 aromatic rings. The van der Waals surface area contributed by atoms with E-state index in [9.17, 15) is 14.7 Å². The predicted octanol–water partition coefficient (Wildman–Crippen LogP) is 9.64. The van der Waals surface area contributed by atoms with E-state index < -0.39 is 23.4 Å². The third-order valence-electron chi connectivity index (χ3n) is 10.1. The maximum Gasteiger partial charge on any atom is 0.410 e. The number of carboxylic acid groups (broad SMARTS) is 1. The first kappa shape index (κ1) is 38.1. The monoisotopic (exact) mass is 765 g/mol. The third kappa shape index (κ3) is 7.95. The Balaban J connectivity index is 1.22. The minimum Gasteiger partial charge on any atom is -0.496 e. The highest BCUT2D eigenvalue weighted by molar-refractivity contribution is 8.00. The maximum atomic E-state index is 14.5. The van der Waals surface area contributed by atoms with Crippen molar-refractivity contribution in [2.75, 3.05) is 39.7 Å². The van der Waals surface area contributed by atoms with Crippen molar-refractivity contribution in [1.82, 2.24) is 4.90 Å². The smallest absolute Gasteiger partial charge is 0.410 e. The molecule has 0 unspecified atom stereocenters. The quantitative estimate of drug-likeness (QED) is 0.0975. The van der Waals surface area contributed by atoms with Gasteiger partial charge in [0.25, 0.3) is 0 Å². The SMILES string of the molecule is COc1cc(OCC(=O)O)cc(OC)c1CN(CCSC(c1ccccc1)(c1ccccc1)c1ccccc1)C(=O)OCC1c2ccccc2-c2ccccc21. The summed E-state index contributed by atoms with van der Waals surface area (Å²) >= 11 is 1.75. The topological polar surface area (TPSA) is 94.5 Å². The Bertz CT molecular complexity index is 2100. The Labute approximate surface area is 331 Å². The second-order valence-electron chi connectivity index (χ2n) is 13.3. The highest BCUT2D eigenvalue weighted by Crippen LogP contribution is 2.49. The lowest BCUT2D eigenvalue weighted by Crippen LogP contribution is -2.35. The fourth-order valence-electron chi connectivity index (χ4n) is 7.53. The number of thioether (sulfide) groups is 1. The van der Waals surface area contributed by atoms with Gasteiger partial charge in [0.1, 0.15) is 23.9 Å². The van der Waals surface area contributed by atoms with Crippen molar-refractivity contribution in [3.63, 3.8) is 0 Å². The molecule has 1 aliphatic carbocycles. The van der Waals surface area contributed by atoms with Crippen LogP contribution >= 0.6 is 11.8 Å². The lowest BCUT2D eigenvalue weighted by atomic mass is 9.84. The molecule has 0 heterocycles. The first-order chi connectivity index (χ1) is 27.4. The van der Waals surface area contributed by atoms with E-state index in [0.717, 1.165) is 38.9 Å². The summed E-state index contributed by atoms with van der Waals surface area (Å²) in [6, 6.07) is 51.1. The first-order valence-corrected chi connectivity index (χ1v) is 19.4. The molecule has 1 N–H and O–H groups in total. The molecule has 8 nitrogen and oxygen atoms in total. The van der Waals surface area contributed by atoms with Crippen LogP contribution in [0.15, 0.2) is 152 Å². The van der Waals surface area contributed by atoms with E-state index >= 15 is 0 Å². The van der Waals surface area contributed by atoms with Gasteiger partial charge in [-0.15, -0.1) is 11.8 Å². The minimum absolute atomic E-state index is 0.0950. The average molecular weight is 766 g/mol. The molecule has 0 saturated carbocycles. The van der Waals surface area contributed by atoms with Gasteiger partial charge < -0.3 is 29.0 Å². The molecular formula is C47H43NO7S. The summed E-state index contributed by atoms with van der Waals surface area (Å²) in [6.45, 7) is 0.0481. The number of carbonyl (C=O) groups is 2. The van der Waals surface area contributed by atoms with Crippen molar-refractivity contribution in [2.45, 2.75) is 17.2 Å². The van der Waals surface area contributed by atoms with Crippen LogP contribution in [-0.2, 0) is 20.8 Å². The lowest BCUT2D eigenvalue weighted by molar-refractivity contribution is -0.139.